The molecule has 0 saturated heterocycles. The van der Waals surface area contributed by atoms with Crippen molar-refractivity contribution in [2.75, 3.05) is 21.2 Å². The first-order valence-corrected chi connectivity index (χ1v) is 10.4. The maximum absolute atomic E-state index is 9.13. The topological polar surface area (TPSA) is 67.0 Å². The zero-order valence-corrected chi connectivity index (χ0v) is 18.0. The molecule has 3 aromatic rings. The molecule has 0 aliphatic carbocycles. The summed E-state index contributed by atoms with van der Waals surface area (Å²) < 4.78 is 7.42. The third kappa shape index (κ3) is 4.78. The number of ether oxygens (including phenoxy) is 1. The minimum atomic E-state index is 0.154. The number of aromatic nitrogens is 3. The number of rotatable bonds is 8. The van der Waals surface area contributed by atoms with Gasteiger partial charge in [0.15, 0.2) is 11.0 Å². The molecule has 0 amide bonds. The van der Waals surface area contributed by atoms with Crippen LogP contribution in [-0.2, 0) is 5.75 Å². The molecule has 7 heteroatoms. The smallest absolute Gasteiger partial charge is 0.196 e. The Morgan fingerprint density at radius 3 is 2.55 bits per heavy atom. The predicted octanol–water partition coefficient (Wildman–Crippen LogP) is 4.45. The van der Waals surface area contributed by atoms with Crippen LogP contribution in [0.4, 0.5) is 0 Å². The molecule has 0 fully saturated rings. The summed E-state index contributed by atoms with van der Waals surface area (Å²) in [5.41, 5.74) is 2.75. The largest absolute Gasteiger partial charge is 0.497 e. The Hall–Kier alpha value is -2.82. The van der Waals surface area contributed by atoms with E-state index in [1.54, 1.807) is 18.9 Å². The lowest BCUT2D eigenvalue weighted by Crippen LogP contribution is -2.22. The van der Waals surface area contributed by atoms with Gasteiger partial charge in [-0.2, -0.15) is 5.26 Å². The quantitative estimate of drug-likeness (QED) is 0.514. The monoisotopic (exact) mass is 407 g/mol. The van der Waals surface area contributed by atoms with E-state index in [0.717, 1.165) is 34.4 Å². The number of nitriles is 1. The van der Waals surface area contributed by atoms with Crippen molar-refractivity contribution in [3.63, 3.8) is 0 Å². The fourth-order valence-corrected chi connectivity index (χ4v) is 4.12. The van der Waals surface area contributed by atoms with E-state index in [4.69, 9.17) is 10.00 Å². The van der Waals surface area contributed by atoms with E-state index >= 15 is 0 Å². The Bertz CT molecular complexity index is 991. The zero-order valence-electron chi connectivity index (χ0n) is 17.2. The number of hydrogen-bond acceptors (Lipinski definition) is 6. The summed E-state index contributed by atoms with van der Waals surface area (Å²) in [6.07, 6.45) is 0.927. The highest BCUT2D eigenvalue weighted by Crippen LogP contribution is 2.30. The fraction of sp³-hybridized carbons (Fsp3) is 0.318. The maximum Gasteiger partial charge on any atom is 0.196 e. The second-order valence-corrected chi connectivity index (χ2v) is 7.81. The summed E-state index contributed by atoms with van der Waals surface area (Å²) in [5.74, 6) is 2.43. The fourth-order valence-electron chi connectivity index (χ4n) is 3.22. The SMILES string of the molecule is CC[C@@H](c1nnc(SCc2cccc(C#N)c2)n1-c1ccc(OC)cc1)N(C)C. The van der Waals surface area contributed by atoms with Gasteiger partial charge < -0.3 is 4.74 Å². The highest BCUT2D eigenvalue weighted by Gasteiger charge is 2.23. The van der Waals surface area contributed by atoms with Gasteiger partial charge in [-0.3, -0.25) is 9.47 Å². The summed E-state index contributed by atoms with van der Waals surface area (Å²) in [6.45, 7) is 2.15. The van der Waals surface area contributed by atoms with Crippen LogP contribution in [0.3, 0.4) is 0 Å². The van der Waals surface area contributed by atoms with Gasteiger partial charge >= 0.3 is 0 Å². The lowest BCUT2D eigenvalue weighted by atomic mass is 10.2. The van der Waals surface area contributed by atoms with Crippen LogP contribution in [0.15, 0.2) is 53.7 Å². The first-order valence-electron chi connectivity index (χ1n) is 9.45. The second-order valence-electron chi connectivity index (χ2n) is 6.86. The van der Waals surface area contributed by atoms with E-state index in [1.807, 2.05) is 48.5 Å². The van der Waals surface area contributed by atoms with Crippen molar-refractivity contribution in [2.45, 2.75) is 30.3 Å². The molecule has 2 aromatic carbocycles. The number of methoxy groups -OCH3 is 1. The molecule has 3 rings (SSSR count). The van der Waals surface area contributed by atoms with Crippen LogP contribution in [0.1, 0.15) is 36.3 Å². The van der Waals surface area contributed by atoms with Crippen molar-refractivity contribution >= 4 is 11.8 Å². The van der Waals surface area contributed by atoms with E-state index in [-0.39, 0.29) is 6.04 Å². The van der Waals surface area contributed by atoms with E-state index in [2.05, 4.69) is 46.8 Å². The number of hydrogen-bond donors (Lipinski definition) is 0. The molecule has 0 aliphatic heterocycles. The molecule has 6 nitrogen and oxygen atoms in total. The highest BCUT2D eigenvalue weighted by molar-refractivity contribution is 7.98. The maximum atomic E-state index is 9.13. The van der Waals surface area contributed by atoms with Crippen molar-refractivity contribution in [3.8, 4) is 17.5 Å². The summed E-state index contributed by atoms with van der Waals surface area (Å²) >= 11 is 1.61. The number of nitrogens with zero attached hydrogens (tertiary/aromatic N) is 5. The van der Waals surface area contributed by atoms with Gasteiger partial charge in [-0.1, -0.05) is 30.8 Å². The molecule has 29 heavy (non-hydrogen) atoms. The van der Waals surface area contributed by atoms with Crippen LogP contribution in [0.2, 0.25) is 0 Å². The highest BCUT2D eigenvalue weighted by atomic mass is 32.2. The van der Waals surface area contributed by atoms with Gasteiger partial charge in [-0.05, 0) is 62.5 Å². The van der Waals surface area contributed by atoms with Gasteiger partial charge in [0.25, 0.3) is 0 Å². The summed E-state index contributed by atoms with van der Waals surface area (Å²) in [6, 6.07) is 17.9. The van der Waals surface area contributed by atoms with E-state index in [1.165, 1.54) is 0 Å². The molecular weight excluding hydrogens is 382 g/mol. The molecular formula is C22H25N5OS. The molecule has 1 heterocycles. The van der Waals surface area contributed by atoms with Crippen LogP contribution in [-0.4, -0.2) is 40.9 Å². The summed E-state index contributed by atoms with van der Waals surface area (Å²) in [5, 5.41) is 19.0. The minimum Gasteiger partial charge on any atom is -0.497 e. The van der Waals surface area contributed by atoms with Crippen molar-refractivity contribution in [3.05, 3.63) is 65.5 Å². The second kappa shape index (κ2) is 9.59. The zero-order chi connectivity index (χ0) is 20.8. The Balaban J connectivity index is 1.97. The summed E-state index contributed by atoms with van der Waals surface area (Å²) in [7, 11) is 5.78. The molecule has 0 saturated carbocycles. The van der Waals surface area contributed by atoms with Crippen LogP contribution in [0, 0.1) is 11.3 Å². The molecule has 1 aromatic heterocycles. The predicted molar refractivity (Wildman–Crippen MR) is 115 cm³/mol. The van der Waals surface area contributed by atoms with E-state index in [0.29, 0.717) is 11.3 Å². The van der Waals surface area contributed by atoms with Crippen molar-refractivity contribution < 1.29 is 4.74 Å². The van der Waals surface area contributed by atoms with Crippen LogP contribution >= 0.6 is 11.8 Å². The third-order valence-corrected chi connectivity index (χ3v) is 5.72. The Morgan fingerprint density at radius 2 is 1.93 bits per heavy atom. The van der Waals surface area contributed by atoms with Crippen LogP contribution in [0.5, 0.6) is 5.75 Å². The molecule has 0 radical (unpaired) electrons. The molecule has 0 N–H and O–H groups in total. The molecule has 0 spiro atoms. The number of thioether (sulfide) groups is 1. The van der Waals surface area contributed by atoms with E-state index in [9.17, 15) is 0 Å². The minimum absolute atomic E-state index is 0.154. The third-order valence-electron chi connectivity index (χ3n) is 4.72. The standard InChI is InChI=1S/C22H25N5OS/c1-5-20(26(2)3)21-24-25-22(27(21)18-9-11-19(28-4)12-10-18)29-15-17-8-6-7-16(13-17)14-23/h6-13,20H,5,15H2,1-4H3/t20-/m0/s1. The molecule has 0 unspecified atom stereocenters. The molecule has 1 atom stereocenters. The van der Waals surface area contributed by atoms with Gasteiger partial charge in [0, 0.05) is 11.4 Å². The number of benzene rings is 2. The van der Waals surface area contributed by atoms with Crippen LogP contribution < -0.4 is 4.74 Å². The first-order chi connectivity index (χ1) is 14.1. The molecule has 0 aliphatic rings. The van der Waals surface area contributed by atoms with E-state index < -0.39 is 0 Å². The Kier molecular flexibility index (Phi) is 6.91. The average molecular weight is 408 g/mol. The van der Waals surface area contributed by atoms with Crippen LogP contribution in [0.25, 0.3) is 5.69 Å². The summed E-state index contributed by atoms with van der Waals surface area (Å²) in [4.78, 5) is 2.16. The lowest BCUT2D eigenvalue weighted by Gasteiger charge is -2.23. The normalized spacial score (nSPS) is 12.0. The Labute approximate surface area is 176 Å². The first kappa shape index (κ1) is 20.9. The van der Waals surface area contributed by atoms with Gasteiger partial charge in [0.05, 0.1) is 24.8 Å². The van der Waals surface area contributed by atoms with Gasteiger partial charge in [0.1, 0.15) is 5.75 Å². The Morgan fingerprint density at radius 1 is 1.17 bits per heavy atom. The molecule has 150 valence electrons. The van der Waals surface area contributed by atoms with Gasteiger partial charge in [0.2, 0.25) is 0 Å². The van der Waals surface area contributed by atoms with Gasteiger partial charge in [-0.25, -0.2) is 0 Å². The van der Waals surface area contributed by atoms with Crippen molar-refractivity contribution in [1.82, 2.24) is 19.7 Å². The van der Waals surface area contributed by atoms with Crippen molar-refractivity contribution in [1.29, 1.82) is 5.26 Å². The lowest BCUT2D eigenvalue weighted by molar-refractivity contribution is 0.276. The van der Waals surface area contributed by atoms with Crippen molar-refractivity contribution in [2.24, 2.45) is 0 Å². The average Bonchev–Trinajstić information content (AvgIpc) is 3.16. The van der Waals surface area contributed by atoms with Gasteiger partial charge in [-0.15, -0.1) is 10.2 Å². The molecule has 0 bridgehead atoms.